The van der Waals surface area contributed by atoms with Crippen LogP contribution in [-0.2, 0) is 4.79 Å². The summed E-state index contributed by atoms with van der Waals surface area (Å²) < 4.78 is 0. The van der Waals surface area contributed by atoms with Gasteiger partial charge in [-0.1, -0.05) is 12.8 Å². The van der Waals surface area contributed by atoms with E-state index in [1.807, 2.05) is 4.90 Å². The Labute approximate surface area is 101 Å². The second-order valence-electron chi connectivity index (χ2n) is 5.00. The SMILES string of the molecule is O=C(O)CNC(=O)N1CCCC1C1CCCC1. The molecule has 96 valence electrons. The summed E-state index contributed by atoms with van der Waals surface area (Å²) in [5.41, 5.74) is 0. The van der Waals surface area contributed by atoms with Gasteiger partial charge < -0.3 is 15.3 Å². The number of nitrogens with one attached hydrogen (secondary N) is 1. The van der Waals surface area contributed by atoms with Crippen LogP contribution in [0, 0.1) is 5.92 Å². The Balaban J connectivity index is 1.89. The third-order valence-corrected chi connectivity index (χ3v) is 3.89. The van der Waals surface area contributed by atoms with Crippen molar-refractivity contribution in [2.75, 3.05) is 13.1 Å². The summed E-state index contributed by atoms with van der Waals surface area (Å²) in [6.45, 7) is 0.485. The molecule has 5 nitrogen and oxygen atoms in total. The highest BCUT2D eigenvalue weighted by Gasteiger charge is 2.35. The first-order valence-corrected chi connectivity index (χ1v) is 6.45. The molecule has 2 rings (SSSR count). The number of hydrogen-bond acceptors (Lipinski definition) is 2. The van der Waals surface area contributed by atoms with Crippen LogP contribution < -0.4 is 5.32 Å². The zero-order chi connectivity index (χ0) is 12.3. The molecule has 2 fully saturated rings. The Kier molecular flexibility index (Phi) is 3.86. The third kappa shape index (κ3) is 2.90. The van der Waals surface area contributed by atoms with Gasteiger partial charge >= 0.3 is 12.0 Å². The third-order valence-electron chi connectivity index (χ3n) is 3.89. The normalized spacial score (nSPS) is 25.2. The molecule has 0 aromatic rings. The number of nitrogens with zero attached hydrogens (tertiary/aromatic N) is 1. The van der Waals surface area contributed by atoms with E-state index in [1.54, 1.807) is 0 Å². The minimum atomic E-state index is -0.991. The molecule has 1 aliphatic heterocycles. The molecule has 0 spiro atoms. The van der Waals surface area contributed by atoms with Gasteiger partial charge in [0.05, 0.1) is 0 Å². The second-order valence-corrected chi connectivity index (χ2v) is 5.00. The lowest BCUT2D eigenvalue weighted by atomic mass is 9.96. The van der Waals surface area contributed by atoms with E-state index in [1.165, 1.54) is 25.7 Å². The van der Waals surface area contributed by atoms with Crippen molar-refractivity contribution in [3.8, 4) is 0 Å². The van der Waals surface area contributed by atoms with Crippen molar-refractivity contribution in [1.82, 2.24) is 10.2 Å². The van der Waals surface area contributed by atoms with Crippen LogP contribution in [0.2, 0.25) is 0 Å². The molecule has 2 N–H and O–H groups in total. The Morgan fingerprint density at radius 2 is 1.88 bits per heavy atom. The molecule has 0 aromatic carbocycles. The standard InChI is InChI=1S/C12H20N2O3/c15-11(16)8-13-12(17)14-7-3-6-10(14)9-4-1-2-5-9/h9-10H,1-8H2,(H,13,17)(H,15,16). The van der Waals surface area contributed by atoms with Crippen molar-refractivity contribution >= 4 is 12.0 Å². The first-order valence-electron chi connectivity index (χ1n) is 6.45. The molecule has 1 atom stereocenters. The number of carbonyl (C=O) groups is 2. The highest BCUT2D eigenvalue weighted by atomic mass is 16.4. The minimum Gasteiger partial charge on any atom is -0.480 e. The van der Waals surface area contributed by atoms with Gasteiger partial charge in [-0.05, 0) is 31.6 Å². The number of likely N-dealkylation sites (tertiary alicyclic amines) is 1. The predicted molar refractivity (Wildman–Crippen MR) is 62.7 cm³/mol. The molecule has 1 saturated carbocycles. The van der Waals surface area contributed by atoms with E-state index >= 15 is 0 Å². The lowest BCUT2D eigenvalue weighted by Gasteiger charge is -2.29. The van der Waals surface area contributed by atoms with Crippen molar-refractivity contribution in [3.05, 3.63) is 0 Å². The van der Waals surface area contributed by atoms with Gasteiger partial charge in [0.25, 0.3) is 0 Å². The first-order chi connectivity index (χ1) is 8.18. The smallest absolute Gasteiger partial charge is 0.323 e. The molecule has 0 aromatic heterocycles. The van der Waals surface area contributed by atoms with Gasteiger partial charge in [-0.15, -0.1) is 0 Å². The quantitative estimate of drug-likeness (QED) is 0.784. The maximum absolute atomic E-state index is 11.9. The number of amides is 2. The van der Waals surface area contributed by atoms with Gasteiger partial charge in [0.1, 0.15) is 6.54 Å². The Bertz CT molecular complexity index is 300. The van der Waals surface area contributed by atoms with Gasteiger partial charge in [-0.2, -0.15) is 0 Å². The maximum atomic E-state index is 11.9. The zero-order valence-corrected chi connectivity index (χ0v) is 10.0. The van der Waals surface area contributed by atoms with E-state index in [9.17, 15) is 9.59 Å². The van der Waals surface area contributed by atoms with Crippen molar-refractivity contribution in [2.45, 2.75) is 44.6 Å². The van der Waals surface area contributed by atoms with Gasteiger partial charge in [0.2, 0.25) is 0 Å². The van der Waals surface area contributed by atoms with E-state index in [2.05, 4.69) is 5.32 Å². The fourth-order valence-electron chi connectivity index (χ4n) is 3.13. The Morgan fingerprint density at radius 3 is 2.53 bits per heavy atom. The van der Waals surface area contributed by atoms with Crippen LogP contribution in [0.15, 0.2) is 0 Å². The summed E-state index contributed by atoms with van der Waals surface area (Å²) in [6.07, 6.45) is 7.09. The van der Waals surface area contributed by atoms with Crippen LogP contribution >= 0.6 is 0 Å². The maximum Gasteiger partial charge on any atom is 0.323 e. The number of carboxylic acid groups (broad SMARTS) is 1. The summed E-state index contributed by atoms with van der Waals surface area (Å²) >= 11 is 0. The lowest BCUT2D eigenvalue weighted by molar-refractivity contribution is -0.135. The molecule has 1 heterocycles. The van der Waals surface area contributed by atoms with Crippen LogP contribution in [0.3, 0.4) is 0 Å². The van der Waals surface area contributed by atoms with Gasteiger partial charge in [0.15, 0.2) is 0 Å². The van der Waals surface area contributed by atoms with Gasteiger partial charge in [-0.3, -0.25) is 4.79 Å². The van der Waals surface area contributed by atoms with Crippen molar-refractivity contribution in [3.63, 3.8) is 0 Å². The zero-order valence-electron chi connectivity index (χ0n) is 10.0. The molecular formula is C12H20N2O3. The molecule has 1 saturated heterocycles. The topological polar surface area (TPSA) is 69.6 Å². The van der Waals surface area contributed by atoms with Gasteiger partial charge in [0, 0.05) is 12.6 Å². The first kappa shape index (κ1) is 12.2. The summed E-state index contributed by atoms with van der Waals surface area (Å²) in [5.74, 6) is -0.358. The molecule has 2 amide bonds. The largest absolute Gasteiger partial charge is 0.480 e. The number of carbonyl (C=O) groups excluding carboxylic acids is 1. The average Bonchev–Trinajstić information content (AvgIpc) is 2.94. The molecule has 0 radical (unpaired) electrons. The fraction of sp³-hybridized carbons (Fsp3) is 0.833. The van der Waals surface area contributed by atoms with Crippen LogP contribution in [0.1, 0.15) is 38.5 Å². The fourth-order valence-corrected chi connectivity index (χ4v) is 3.13. The average molecular weight is 240 g/mol. The summed E-state index contributed by atoms with van der Waals surface area (Å²) in [7, 11) is 0. The Morgan fingerprint density at radius 1 is 1.18 bits per heavy atom. The molecule has 2 aliphatic rings. The molecule has 5 heteroatoms. The second kappa shape index (κ2) is 5.38. The van der Waals surface area contributed by atoms with Crippen molar-refractivity contribution < 1.29 is 14.7 Å². The number of urea groups is 1. The van der Waals surface area contributed by atoms with Crippen LogP contribution in [0.4, 0.5) is 4.79 Å². The van der Waals surface area contributed by atoms with Crippen LogP contribution in [0.25, 0.3) is 0 Å². The monoisotopic (exact) mass is 240 g/mol. The minimum absolute atomic E-state index is 0.207. The summed E-state index contributed by atoms with van der Waals surface area (Å²) in [5, 5.41) is 11.0. The number of aliphatic carboxylic acids is 1. The molecule has 17 heavy (non-hydrogen) atoms. The molecule has 1 unspecified atom stereocenters. The Hall–Kier alpha value is -1.26. The summed E-state index contributed by atoms with van der Waals surface area (Å²) in [6, 6.07) is 0.132. The summed E-state index contributed by atoms with van der Waals surface area (Å²) in [4.78, 5) is 24.1. The van der Waals surface area contributed by atoms with E-state index < -0.39 is 5.97 Å². The highest BCUT2D eigenvalue weighted by Crippen LogP contribution is 2.35. The molecular weight excluding hydrogens is 220 g/mol. The van der Waals surface area contributed by atoms with Crippen LogP contribution in [-0.4, -0.2) is 41.1 Å². The number of hydrogen-bond donors (Lipinski definition) is 2. The van der Waals surface area contributed by atoms with E-state index in [0.717, 1.165) is 19.4 Å². The lowest BCUT2D eigenvalue weighted by Crippen LogP contribution is -2.46. The van der Waals surface area contributed by atoms with E-state index in [0.29, 0.717) is 12.0 Å². The van der Waals surface area contributed by atoms with Gasteiger partial charge in [-0.25, -0.2) is 4.79 Å². The number of carboxylic acids is 1. The predicted octanol–water partition coefficient (Wildman–Crippen LogP) is 1.44. The molecule has 0 bridgehead atoms. The van der Waals surface area contributed by atoms with E-state index in [4.69, 9.17) is 5.11 Å². The highest BCUT2D eigenvalue weighted by molar-refractivity contribution is 5.80. The van der Waals surface area contributed by atoms with Crippen LogP contribution in [0.5, 0.6) is 0 Å². The molecule has 1 aliphatic carbocycles. The van der Waals surface area contributed by atoms with Crippen molar-refractivity contribution in [1.29, 1.82) is 0 Å². The van der Waals surface area contributed by atoms with E-state index in [-0.39, 0.29) is 12.6 Å². The van der Waals surface area contributed by atoms with Crippen molar-refractivity contribution in [2.24, 2.45) is 5.92 Å². The number of rotatable bonds is 3.